The Hall–Kier alpha value is -1.67. The van der Waals surface area contributed by atoms with Crippen molar-refractivity contribution in [3.63, 3.8) is 0 Å². The van der Waals surface area contributed by atoms with Crippen molar-refractivity contribution < 1.29 is 17.9 Å². The molecule has 1 aromatic carbocycles. The van der Waals surface area contributed by atoms with Crippen LogP contribution in [0.2, 0.25) is 0 Å². The van der Waals surface area contributed by atoms with Crippen LogP contribution in [0.5, 0.6) is 5.75 Å². The SMILES string of the molecule is NCC#Cc1ccccc1OCC(F)(F)F. The van der Waals surface area contributed by atoms with Gasteiger partial charge in [0.15, 0.2) is 6.61 Å². The molecule has 0 saturated heterocycles. The van der Waals surface area contributed by atoms with E-state index in [1.54, 1.807) is 18.2 Å². The standard InChI is InChI=1S/C11H10F3NO/c12-11(13,14)8-16-10-6-2-1-4-9(10)5-3-7-15/h1-2,4,6H,7-8,15H2. The highest BCUT2D eigenvalue weighted by Gasteiger charge is 2.28. The molecule has 0 aliphatic rings. The summed E-state index contributed by atoms with van der Waals surface area (Å²) in [6.07, 6.45) is -4.35. The molecule has 2 N–H and O–H groups in total. The van der Waals surface area contributed by atoms with Crippen LogP contribution in [0, 0.1) is 11.8 Å². The number of alkyl halides is 3. The van der Waals surface area contributed by atoms with Gasteiger partial charge in [0, 0.05) is 0 Å². The molecular formula is C11H10F3NO. The molecule has 0 aromatic heterocycles. The summed E-state index contributed by atoms with van der Waals surface area (Å²) >= 11 is 0. The lowest BCUT2D eigenvalue weighted by Gasteiger charge is -2.10. The van der Waals surface area contributed by atoms with Crippen LogP contribution in [0.15, 0.2) is 24.3 Å². The van der Waals surface area contributed by atoms with Crippen LogP contribution in [0.4, 0.5) is 13.2 Å². The number of benzene rings is 1. The number of halogens is 3. The fourth-order valence-corrected chi connectivity index (χ4v) is 1.00. The van der Waals surface area contributed by atoms with Crippen molar-refractivity contribution in [3.8, 4) is 17.6 Å². The Kier molecular flexibility index (Phi) is 4.20. The Bertz CT molecular complexity index is 404. The summed E-state index contributed by atoms with van der Waals surface area (Å²) in [7, 11) is 0. The fourth-order valence-electron chi connectivity index (χ4n) is 1.00. The van der Waals surface area contributed by atoms with Gasteiger partial charge in [-0.05, 0) is 12.1 Å². The zero-order valence-corrected chi connectivity index (χ0v) is 8.34. The van der Waals surface area contributed by atoms with E-state index in [2.05, 4.69) is 16.6 Å². The van der Waals surface area contributed by atoms with Gasteiger partial charge in [-0.2, -0.15) is 13.2 Å². The molecule has 2 nitrogen and oxygen atoms in total. The van der Waals surface area contributed by atoms with Crippen LogP contribution in [-0.4, -0.2) is 19.3 Å². The smallest absolute Gasteiger partial charge is 0.422 e. The summed E-state index contributed by atoms with van der Waals surface area (Å²) in [5.41, 5.74) is 5.58. The van der Waals surface area contributed by atoms with E-state index >= 15 is 0 Å². The topological polar surface area (TPSA) is 35.2 Å². The maximum Gasteiger partial charge on any atom is 0.422 e. The van der Waals surface area contributed by atoms with Gasteiger partial charge in [0.05, 0.1) is 12.1 Å². The molecule has 0 spiro atoms. The van der Waals surface area contributed by atoms with E-state index in [1.165, 1.54) is 6.07 Å². The Labute approximate surface area is 91.2 Å². The van der Waals surface area contributed by atoms with Crippen LogP contribution < -0.4 is 10.5 Å². The van der Waals surface area contributed by atoms with Crippen molar-refractivity contribution in [2.24, 2.45) is 5.73 Å². The number of hydrogen-bond acceptors (Lipinski definition) is 2. The summed E-state index contributed by atoms with van der Waals surface area (Å²) in [4.78, 5) is 0. The minimum atomic E-state index is -4.35. The molecule has 0 aliphatic heterocycles. The molecule has 0 fully saturated rings. The fraction of sp³-hybridized carbons (Fsp3) is 0.273. The third-order valence-corrected chi connectivity index (χ3v) is 1.60. The van der Waals surface area contributed by atoms with Gasteiger partial charge in [-0.3, -0.25) is 0 Å². The molecule has 0 bridgehead atoms. The predicted octanol–water partition coefficient (Wildman–Crippen LogP) is 1.94. The molecule has 0 heterocycles. The van der Waals surface area contributed by atoms with Gasteiger partial charge in [0.2, 0.25) is 0 Å². The van der Waals surface area contributed by atoms with Crippen LogP contribution in [0.3, 0.4) is 0 Å². The highest BCUT2D eigenvalue weighted by atomic mass is 19.4. The number of nitrogens with two attached hydrogens (primary N) is 1. The van der Waals surface area contributed by atoms with E-state index in [-0.39, 0.29) is 12.3 Å². The molecule has 0 saturated carbocycles. The first-order valence-electron chi connectivity index (χ1n) is 4.50. The minimum Gasteiger partial charge on any atom is -0.483 e. The number of rotatable bonds is 2. The summed E-state index contributed by atoms with van der Waals surface area (Å²) in [5, 5.41) is 0. The number of hydrogen-bond donors (Lipinski definition) is 1. The lowest BCUT2D eigenvalue weighted by Crippen LogP contribution is -2.19. The van der Waals surface area contributed by atoms with Crippen molar-refractivity contribution in [1.82, 2.24) is 0 Å². The maximum atomic E-state index is 11.9. The highest BCUT2D eigenvalue weighted by Crippen LogP contribution is 2.21. The van der Waals surface area contributed by atoms with Crippen molar-refractivity contribution in [1.29, 1.82) is 0 Å². The monoisotopic (exact) mass is 229 g/mol. The van der Waals surface area contributed by atoms with E-state index in [0.29, 0.717) is 5.56 Å². The number of ether oxygens (including phenoxy) is 1. The van der Waals surface area contributed by atoms with Crippen molar-refractivity contribution in [2.75, 3.05) is 13.2 Å². The van der Waals surface area contributed by atoms with Gasteiger partial charge in [-0.25, -0.2) is 0 Å². The lowest BCUT2D eigenvalue weighted by molar-refractivity contribution is -0.153. The molecule has 16 heavy (non-hydrogen) atoms. The summed E-state index contributed by atoms with van der Waals surface area (Å²) < 4.78 is 40.5. The Balaban J connectivity index is 2.79. The first-order valence-corrected chi connectivity index (χ1v) is 4.50. The molecule has 5 heteroatoms. The molecular weight excluding hydrogens is 219 g/mol. The summed E-state index contributed by atoms with van der Waals surface area (Å²) in [6.45, 7) is -1.18. The second-order valence-electron chi connectivity index (χ2n) is 2.91. The number of para-hydroxylation sites is 1. The summed E-state index contributed by atoms with van der Waals surface area (Å²) in [5.74, 6) is 5.31. The van der Waals surface area contributed by atoms with Crippen LogP contribution in [-0.2, 0) is 0 Å². The second-order valence-corrected chi connectivity index (χ2v) is 2.91. The van der Waals surface area contributed by atoms with E-state index in [0.717, 1.165) is 0 Å². The van der Waals surface area contributed by atoms with E-state index in [9.17, 15) is 13.2 Å². The first kappa shape index (κ1) is 12.4. The molecule has 1 rings (SSSR count). The average Bonchev–Trinajstić information content (AvgIpc) is 2.23. The third-order valence-electron chi connectivity index (χ3n) is 1.60. The van der Waals surface area contributed by atoms with Gasteiger partial charge < -0.3 is 10.5 Å². The van der Waals surface area contributed by atoms with Gasteiger partial charge in [0.1, 0.15) is 5.75 Å². The van der Waals surface area contributed by atoms with Crippen LogP contribution >= 0.6 is 0 Å². The van der Waals surface area contributed by atoms with Gasteiger partial charge >= 0.3 is 6.18 Å². The normalized spacial score (nSPS) is 10.5. The quantitative estimate of drug-likeness (QED) is 0.786. The molecule has 0 radical (unpaired) electrons. The first-order chi connectivity index (χ1) is 7.53. The molecule has 0 unspecified atom stereocenters. The van der Waals surface area contributed by atoms with Crippen LogP contribution in [0.25, 0.3) is 0 Å². The molecule has 1 aromatic rings. The lowest BCUT2D eigenvalue weighted by atomic mass is 10.2. The predicted molar refractivity (Wildman–Crippen MR) is 53.9 cm³/mol. The highest BCUT2D eigenvalue weighted by molar-refractivity contribution is 5.45. The zero-order chi connectivity index (χ0) is 12.0. The average molecular weight is 229 g/mol. The Morgan fingerprint density at radius 1 is 1.25 bits per heavy atom. The van der Waals surface area contributed by atoms with Gasteiger partial charge in [-0.1, -0.05) is 24.0 Å². The largest absolute Gasteiger partial charge is 0.483 e. The van der Waals surface area contributed by atoms with Crippen molar-refractivity contribution in [2.45, 2.75) is 6.18 Å². The third kappa shape index (κ3) is 4.24. The Morgan fingerprint density at radius 3 is 2.56 bits per heavy atom. The Morgan fingerprint density at radius 2 is 1.94 bits per heavy atom. The van der Waals surface area contributed by atoms with E-state index < -0.39 is 12.8 Å². The molecule has 86 valence electrons. The van der Waals surface area contributed by atoms with E-state index in [4.69, 9.17) is 5.73 Å². The zero-order valence-electron chi connectivity index (χ0n) is 8.34. The maximum absolute atomic E-state index is 11.9. The van der Waals surface area contributed by atoms with Gasteiger partial charge in [0.25, 0.3) is 0 Å². The molecule has 0 amide bonds. The van der Waals surface area contributed by atoms with Crippen molar-refractivity contribution in [3.05, 3.63) is 29.8 Å². The minimum absolute atomic E-state index is 0.112. The molecule has 0 atom stereocenters. The van der Waals surface area contributed by atoms with E-state index in [1.807, 2.05) is 0 Å². The van der Waals surface area contributed by atoms with Crippen molar-refractivity contribution >= 4 is 0 Å². The molecule has 0 aliphatic carbocycles. The summed E-state index contributed by atoms with van der Waals surface area (Å²) in [6, 6.07) is 6.26. The van der Waals surface area contributed by atoms with Crippen LogP contribution in [0.1, 0.15) is 5.56 Å². The van der Waals surface area contributed by atoms with Gasteiger partial charge in [-0.15, -0.1) is 0 Å². The second kappa shape index (κ2) is 5.42.